The maximum absolute atomic E-state index is 12.0. The van der Waals surface area contributed by atoms with Gasteiger partial charge in [-0.15, -0.1) is 0 Å². The number of nitrogens with two attached hydrogens (primary N) is 1. The predicted octanol–water partition coefficient (Wildman–Crippen LogP) is 4.86. The van der Waals surface area contributed by atoms with Crippen molar-refractivity contribution in [3.05, 3.63) is 95.1 Å². The Bertz CT molecular complexity index is 1360. The molecule has 6 nitrogen and oxygen atoms in total. The largest absolute Gasteiger partial charge is 0.478 e. The van der Waals surface area contributed by atoms with Crippen LogP contribution in [0.25, 0.3) is 21.5 Å². The summed E-state index contributed by atoms with van der Waals surface area (Å²) >= 11 is 0. The van der Waals surface area contributed by atoms with E-state index in [1.807, 2.05) is 30.3 Å². The molecule has 31 heavy (non-hydrogen) atoms. The molecule has 0 fully saturated rings. The third-order valence-corrected chi connectivity index (χ3v) is 5.54. The molecule has 1 amide bonds. The van der Waals surface area contributed by atoms with Gasteiger partial charge in [0.05, 0.1) is 5.56 Å². The summed E-state index contributed by atoms with van der Waals surface area (Å²) in [7, 11) is 0. The number of carbonyl (C=O) groups is 3. The van der Waals surface area contributed by atoms with Gasteiger partial charge in [-0.2, -0.15) is 0 Å². The zero-order valence-corrected chi connectivity index (χ0v) is 16.7. The second kappa shape index (κ2) is 7.57. The molecule has 0 radical (unpaired) electrons. The van der Waals surface area contributed by atoms with Gasteiger partial charge in [-0.05, 0) is 34.5 Å². The minimum atomic E-state index is -1.46. The number of fused-ring (bicyclic) bond motifs is 2. The molecule has 1 atom stereocenters. The van der Waals surface area contributed by atoms with E-state index in [-0.39, 0.29) is 5.56 Å². The number of aldehydes is 1. The van der Waals surface area contributed by atoms with Gasteiger partial charge in [0.15, 0.2) is 11.9 Å². The Morgan fingerprint density at radius 3 is 2.19 bits per heavy atom. The topological polar surface area (TPSA) is 107 Å². The van der Waals surface area contributed by atoms with Crippen molar-refractivity contribution in [1.29, 1.82) is 0 Å². The predicted molar refractivity (Wildman–Crippen MR) is 117 cm³/mol. The van der Waals surface area contributed by atoms with Gasteiger partial charge in [0.25, 0.3) is 0 Å². The molecule has 0 aliphatic carbocycles. The number of hydrogen-bond donors (Lipinski definition) is 2. The van der Waals surface area contributed by atoms with Gasteiger partial charge in [-0.1, -0.05) is 66.7 Å². The lowest BCUT2D eigenvalue weighted by Crippen LogP contribution is -2.34. The number of carboxylic acid groups (broad SMARTS) is 1. The minimum Gasteiger partial charge on any atom is -0.478 e. The maximum Gasteiger partial charge on any atom is 0.405 e. The molecule has 0 saturated carbocycles. The van der Waals surface area contributed by atoms with Crippen LogP contribution < -0.4 is 5.73 Å². The first kappa shape index (κ1) is 20.1. The van der Waals surface area contributed by atoms with Gasteiger partial charge in [-0.25, -0.2) is 9.59 Å². The van der Waals surface area contributed by atoms with E-state index >= 15 is 0 Å². The summed E-state index contributed by atoms with van der Waals surface area (Å²) in [6, 6.07) is 20.9. The van der Waals surface area contributed by atoms with Gasteiger partial charge in [0.1, 0.15) is 0 Å². The van der Waals surface area contributed by atoms with E-state index < -0.39 is 17.7 Å². The van der Waals surface area contributed by atoms with E-state index in [1.165, 1.54) is 6.07 Å². The fourth-order valence-corrected chi connectivity index (χ4v) is 4.26. The lowest BCUT2D eigenvalue weighted by molar-refractivity contribution is 0.0605. The van der Waals surface area contributed by atoms with Crippen molar-refractivity contribution in [2.24, 2.45) is 5.73 Å². The van der Waals surface area contributed by atoms with Crippen LogP contribution in [0.1, 0.15) is 38.8 Å². The van der Waals surface area contributed by atoms with Crippen LogP contribution in [0.4, 0.5) is 4.79 Å². The SMILES string of the molecule is CC(OC(N)=O)(c1c(C=O)ccc2ccccc12)c1ccc(C(=O)O)c2ccccc12. The minimum absolute atomic E-state index is 0.120. The number of hydrogen-bond acceptors (Lipinski definition) is 4. The monoisotopic (exact) mass is 413 g/mol. The lowest BCUT2D eigenvalue weighted by Gasteiger charge is -2.33. The van der Waals surface area contributed by atoms with Gasteiger partial charge >= 0.3 is 12.1 Å². The van der Waals surface area contributed by atoms with Crippen LogP contribution >= 0.6 is 0 Å². The Balaban J connectivity index is 2.15. The van der Waals surface area contributed by atoms with E-state index in [0.717, 1.165) is 10.8 Å². The molecule has 4 aromatic carbocycles. The van der Waals surface area contributed by atoms with Crippen LogP contribution in [-0.2, 0) is 10.3 Å². The summed E-state index contributed by atoms with van der Waals surface area (Å²) in [4.78, 5) is 35.8. The zero-order chi connectivity index (χ0) is 22.2. The maximum atomic E-state index is 12.0. The molecule has 6 heteroatoms. The second-order valence-electron chi connectivity index (χ2n) is 7.33. The molecule has 3 N–H and O–H groups in total. The number of rotatable bonds is 5. The summed E-state index contributed by atoms with van der Waals surface area (Å²) in [5.41, 5.74) is 5.47. The quantitative estimate of drug-likeness (QED) is 0.454. The first-order valence-corrected chi connectivity index (χ1v) is 9.58. The Morgan fingerprint density at radius 1 is 0.903 bits per heavy atom. The van der Waals surface area contributed by atoms with E-state index in [0.29, 0.717) is 33.7 Å². The zero-order valence-electron chi connectivity index (χ0n) is 16.7. The van der Waals surface area contributed by atoms with Crippen molar-refractivity contribution in [1.82, 2.24) is 0 Å². The number of carboxylic acids is 1. The third-order valence-electron chi connectivity index (χ3n) is 5.54. The molecule has 0 aromatic heterocycles. The number of aromatic carboxylic acids is 1. The molecule has 0 bridgehead atoms. The molecule has 0 heterocycles. The Morgan fingerprint density at radius 2 is 1.55 bits per heavy atom. The highest BCUT2D eigenvalue weighted by Crippen LogP contribution is 2.42. The van der Waals surface area contributed by atoms with Crippen LogP contribution in [0, 0.1) is 0 Å². The number of primary amides is 1. The Kier molecular flexibility index (Phi) is 4.91. The lowest BCUT2D eigenvalue weighted by atomic mass is 9.79. The van der Waals surface area contributed by atoms with Crippen LogP contribution in [-0.4, -0.2) is 23.5 Å². The molecular formula is C25H19NO5. The molecule has 0 aliphatic heterocycles. The Labute approximate surface area is 177 Å². The van der Waals surface area contributed by atoms with E-state index in [9.17, 15) is 19.5 Å². The van der Waals surface area contributed by atoms with E-state index in [2.05, 4.69) is 0 Å². The molecule has 4 aromatic rings. The van der Waals surface area contributed by atoms with Gasteiger partial charge in [0.2, 0.25) is 0 Å². The number of ether oxygens (including phenoxy) is 1. The summed E-state index contributed by atoms with van der Waals surface area (Å²) in [6.07, 6.45) is -0.309. The average Bonchev–Trinajstić information content (AvgIpc) is 2.76. The van der Waals surface area contributed by atoms with Crippen molar-refractivity contribution in [2.45, 2.75) is 12.5 Å². The van der Waals surface area contributed by atoms with Crippen molar-refractivity contribution < 1.29 is 24.2 Å². The van der Waals surface area contributed by atoms with Crippen molar-refractivity contribution in [2.75, 3.05) is 0 Å². The fraction of sp³-hybridized carbons (Fsp3) is 0.0800. The second-order valence-corrected chi connectivity index (χ2v) is 7.33. The number of amides is 1. The fourth-order valence-electron chi connectivity index (χ4n) is 4.26. The molecular weight excluding hydrogens is 394 g/mol. The number of benzene rings is 4. The van der Waals surface area contributed by atoms with Gasteiger partial charge in [-0.3, -0.25) is 4.79 Å². The average molecular weight is 413 g/mol. The summed E-state index contributed by atoms with van der Waals surface area (Å²) < 4.78 is 5.70. The highest BCUT2D eigenvalue weighted by atomic mass is 16.6. The van der Waals surface area contributed by atoms with Crippen LogP contribution in [0.5, 0.6) is 0 Å². The standard InChI is InChI=1S/C25H19NO5/c1-25(31-24(26)30,22-16(14-27)11-10-15-6-2-3-7-17(15)22)21-13-12-20(23(28)29)18-8-4-5-9-19(18)21/h2-14H,1H3,(H2,26,30)(H,28,29). The van der Waals surface area contributed by atoms with Crippen LogP contribution in [0.2, 0.25) is 0 Å². The van der Waals surface area contributed by atoms with E-state index in [1.54, 1.807) is 43.3 Å². The van der Waals surface area contributed by atoms with E-state index in [4.69, 9.17) is 10.5 Å². The highest BCUT2D eigenvalue weighted by Gasteiger charge is 2.38. The van der Waals surface area contributed by atoms with Crippen LogP contribution in [0.3, 0.4) is 0 Å². The smallest absolute Gasteiger partial charge is 0.405 e. The first-order chi connectivity index (χ1) is 14.9. The molecule has 0 saturated heterocycles. The van der Waals surface area contributed by atoms with Crippen molar-refractivity contribution in [3.63, 3.8) is 0 Å². The molecule has 0 spiro atoms. The molecule has 1 unspecified atom stereocenters. The first-order valence-electron chi connectivity index (χ1n) is 9.58. The third kappa shape index (κ3) is 3.28. The van der Waals surface area contributed by atoms with Gasteiger partial charge < -0.3 is 15.6 Å². The summed E-state index contributed by atoms with van der Waals surface area (Å²) in [5, 5.41) is 12.3. The van der Waals surface area contributed by atoms with Crippen molar-refractivity contribution in [3.8, 4) is 0 Å². The van der Waals surface area contributed by atoms with Crippen LogP contribution in [0.15, 0.2) is 72.8 Å². The summed E-state index contributed by atoms with van der Waals surface area (Å²) in [6.45, 7) is 1.66. The molecule has 4 rings (SSSR count). The Hall–Kier alpha value is -4.19. The highest BCUT2D eigenvalue weighted by molar-refractivity contribution is 6.05. The molecule has 0 aliphatic rings. The normalized spacial score (nSPS) is 12.9. The van der Waals surface area contributed by atoms with Crippen molar-refractivity contribution >= 4 is 39.9 Å². The molecule has 154 valence electrons. The van der Waals surface area contributed by atoms with Gasteiger partial charge in [0, 0.05) is 16.7 Å². The number of carbonyl (C=O) groups excluding carboxylic acids is 2. The summed E-state index contributed by atoms with van der Waals surface area (Å²) in [5.74, 6) is -1.07.